The Morgan fingerprint density at radius 3 is 2.94 bits per heavy atom. The van der Waals surface area contributed by atoms with Gasteiger partial charge in [0.2, 0.25) is 0 Å². The molecule has 0 atom stereocenters. The summed E-state index contributed by atoms with van der Waals surface area (Å²) < 4.78 is 0. The van der Waals surface area contributed by atoms with Crippen LogP contribution >= 0.6 is 0 Å². The zero-order chi connectivity index (χ0) is 12.1. The lowest BCUT2D eigenvalue weighted by Crippen LogP contribution is -2.05. The highest BCUT2D eigenvalue weighted by Gasteiger charge is 2.08. The third kappa shape index (κ3) is 2.23. The van der Waals surface area contributed by atoms with E-state index in [2.05, 4.69) is 28.2 Å². The topological polar surface area (TPSA) is 61.6 Å². The molecule has 2 aromatic rings. The van der Waals surface area contributed by atoms with Crippen molar-refractivity contribution in [2.45, 2.75) is 6.42 Å². The minimum absolute atomic E-state index is 0.327. The molecule has 4 heteroatoms. The SMILES string of the molecule is C=CCCNc1c(C#N)nnc2ccccc12. The molecule has 0 bridgehead atoms. The zero-order valence-electron chi connectivity index (χ0n) is 9.35. The number of benzene rings is 1. The molecule has 0 amide bonds. The van der Waals surface area contributed by atoms with Crippen LogP contribution in [0.3, 0.4) is 0 Å². The van der Waals surface area contributed by atoms with Crippen LogP contribution in [0, 0.1) is 11.3 Å². The van der Waals surface area contributed by atoms with Crippen LogP contribution in [0.5, 0.6) is 0 Å². The zero-order valence-corrected chi connectivity index (χ0v) is 9.35. The van der Waals surface area contributed by atoms with Crippen LogP contribution in [0.1, 0.15) is 12.1 Å². The Labute approximate surface area is 99.6 Å². The van der Waals surface area contributed by atoms with E-state index in [1.807, 2.05) is 30.3 Å². The highest BCUT2D eigenvalue weighted by Crippen LogP contribution is 2.23. The number of hydrogen-bond acceptors (Lipinski definition) is 4. The summed E-state index contributed by atoms with van der Waals surface area (Å²) in [6, 6.07) is 9.68. The predicted molar refractivity (Wildman–Crippen MR) is 67.6 cm³/mol. The largest absolute Gasteiger partial charge is 0.382 e. The molecule has 1 aromatic heterocycles. The number of fused-ring (bicyclic) bond motifs is 1. The molecule has 0 aliphatic carbocycles. The van der Waals surface area contributed by atoms with Crippen molar-refractivity contribution in [2.75, 3.05) is 11.9 Å². The van der Waals surface area contributed by atoms with Crippen molar-refractivity contribution in [1.29, 1.82) is 5.26 Å². The van der Waals surface area contributed by atoms with Crippen molar-refractivity contribution in [3.63, 3.8) is 0 Å². The van der Waals surface area contributed by atoms with Gasteiger partial charge in [-0.25, -0.2) is 0 Å². The molecule has 2 rings (SSSR count). The Morgan fingerprint density at radius 1 is 1.35 bits per heavy atom. The fraction of sp³-hybridized carbons (Fsp3) is 0.154. The molecular weight excluding hydrogens is 212 g/mol. The maximum atomic E-state index is 9.02. The van der Waals surface area contributed by atoms with Gasteiger partial charge in [0.1, 0.15) is 6.07 Å². The summed E-state index contributed by atoms with van der Waals surface area (Å²) in [5.74, 6) is 0. The molecule has 0 spiro atoms. The first kappa shape index (κ1) is 11.1. The van der Waals surface area contributed by atoms with Gasteiger partial charge in [-0.3, -0.25) is 0 Å². The highest BCUT2D eigenvalue weighted by molar-refractivity contribution is 5.92. The lowest BCUT2D eigenvalue weighted by Gasteiger charge is -2.08. The van der Waals surface area contributed by atoms with Crippen LogP contribution < -0.4 is 5.32 Å². The molecule has 0 saturated carbocycles. The van der Waals surface area contributed by atoms with Gasteiger partial charge < -0.3 is 5.32 Å². The van der Waals surface area contributed by atoms with Gasteiger partial charge in [0, 0.05) is 11.9 Å². The van der Waals surface area contributed by atoms with E-state index in [1.54, 1.807) is 0 Å². The summed E-state index contributed by atoms with van der Waals surface area (Å²) >= 11 is 0. The Hall–Kier alpha value is -2.41. The smallest absolute Gasteiger partial charge is 0.186 e. The van der Waals surface area contributed by atoms with E-state index in [0.29, 0.717) is 5.69 Å². The van der Waals surface area contributed by atoms with Crippen molar-refractivity contribution in [3.8, 4) is 6.07 Å². The first-order chi connectivity index (χ1) is 8.36. The molecule has 0 unspecified atom stereocenters. The van der Waals surface area contributed by atoms with Gasteiger partial charge >= 0.3 is 0 Å². The lowest BCUT2D eigenvalue weighted by molar-refractivity contribution is 1.02. The number of aromatic nitrogens is 2. The number of rotatable bonds is 4. The summed E-state index contributed by atoms with van der Waals surface area (Å²) in [5.41, 5.74) is 1.86. The maximum absolute atomic E-state index is 9.02. The summed E-state index contributed by atoms with van der Waals surface area (Å²) in [6.07, 6.45) is 2.66. The van der Waals surface area contributed by atoms with E-state index < -0.39 is 0 Å². The van der Waals surface area contributed by atoms with Crippen LogP contribution in [0.25, 0.3) is 10.9 Å². The average molecular weight is 224 g/mol. The lowest BCUT2D eigenvalue weighted by atomic mass is 10.1. The second-order valence-electron chi connectivity index (χ2n) is 3.56. The molecule has 1 heterocycles. The third-order valence-electron chi connectivity index (χ3n) is 2.42. The number of anilines is 1. The van der Waals surface area contributed by atoms with Crippen molar-refractivity contribution < 1.29 is 0 Å². The van der Waals surface area contributed by atoms with Crippen LogP contribution in [-0.2, 0) is 0 Å². The fourth-order valence-electron chi connectivity index (χ4n) is 1.61. The van der Waals surface area contributed by atoms with Gasteiger partial charge in [0.05, 0.1) is 11.2 Å². The van der Waals surface area contributed by atoms with E-state index in [9.17, 15) is 0 Å². The van der Waals surface area contributed by atoms with E-state index in [-0.39, 0.29) is 0 Å². The Bertz CT molecular complexity index is 583. The molecular formula is C13H12N4. The molecule has 0 radical (unpaired) electrons. The van der Waals surface area contributed by atoms with Gasteiger partial charge in [0.15, 0.2) is 5.69 Å². The average Bonchev–Trinajstić information content (AvgIpc) is 2.39. The van der Waals surface area contributed by atoms with Crippen molar-refractivity contribution >= 4 is 16.6 Å². The minimum Gasteiger partial charge on any atom is -0.382 e. The van der Waals surface area contributed by atoms with Crippen molar-refractivity contribution in [2.24, 2.45) is 0 Å². The maximum Gasteiger partial charge on any atom is 0.186 e. The molecule has 1 aromatic carbocycles. The predicted octanol–water partition coefficient (Wildman–Crippen LogP) is 2.49. The Kier molecular flexibility index (Phi) is 3.31. The summed E-state index contributed by atoms with van der Waals surface area (Å²) in [4.78, 5) is 0. The molecule has 0 aliphatic rings. The first-order valence-corrected chi connectivity index (χ1v) is 5.37. The van der Waals surface area contributed by atoms with Crippen LogP contribution in [0.15, 0.2) is 36.9 Å². The van der Waals surface area contributed by atoms with Crippen molar-refractivity contribution in [1.82, 2.24) is 10.2 Å². The number of nitrogens with one attached hydrogen (secondary N) is 1. The fourth-order valence-corrected chi connectivity index (χ4v) is 1.61. The number of hydrogen-bond donors (Lipinski definition) is 1. The van der Waals surface area contributed by atoms with E-state index in [1.165, 1.54) is 0 Å². The number of nitriles is 1. The van der Waals surface area contributed by atoms with Crippen LogP contribution in [0.4, 0.5) is 5.69 Å². The van der Waals surface area contributed by atoms with Gasteiger partial charge in [0.25, 0.3) is 0 Å². The van der Waals surface area contributed by atoms with Crippen molar-refractivity contribution in [3.05, 3.63) is 42.6 Å². The van der Waals surface area contributed by atoms with E-state index in [4.69, 9.17) is 5.26 Å². The molecule has 1 N–H and O–H groups in total. The molecule has 84 valence electrons. The Morgan fingerprint density at radius 2 is 2.18 bits per heavy atom. The van der Waals surface area contributed by atoms with Crippen LogP contribution in [0.2, 0.25) is 0 Å². The Balaban J connectivity index is 2.48. The normalized spacial score (nSPS) is 9.82. The summed E-state index contributed by atoms with van der Waals surface area (Å²) in [5, 5.41) is 21.1. The molecule has 4 nitrogen and oxygen atoms in total. The molecule has 0 aliphatic heterocycles. The molecule has 0 saturated heterocycles. The summed E-state index contributed by atoms with van der Waals surface area (Å²) in [6.45, 7) is 4.39. The molecule has 0 fully saturated rings. The standard InChI is InChI=1S/C13H12N4/c1-2-3-8-15-13-10-6-4-5-7-11(10)16-17-12(13)9-14/h2,4-7H,1,3,8H2,(H,15,16). The monoisotopic (exact) mass is 224 g/mol. The highest BCUT2D eigenvalue weighted by atomic mass is 15.1. The first-order valence-electron chi connectivity index (χ1n) is 5.37. The van der Waals surface area contributed by atoms with E-state index in [0.717, 1.165) is 29.6 Å². The minimum atomic E-state index is 0.327. The second-order valence-corrected chi connectivity index (χ2v) is 3.56. The van der Waals surface area contributed by atoms with Gasteiger partial charge in [-0.1, -0.05) is 24.3 Å². The van der Waals surface area contributed by atoms with E-state index >= 15 is 0 Å². The third-order valence-corrected chi connectivity index (χ3v) is 2.42. The van der Waals surface area contributed by atoms with Crippen LogP contribution in [-0.4, -0.2) is 16.7 Å². The molecule has 17 heavy (non-hydrogen) atoms. The second kappa shape index (κ2) is 5.08. The number of nitrogens with zero attached hydrogens (tertiary/aromatic N) is 3. The van der Waals surface area contributed by atoms with Gasteiger partial charge in [-0.15, -0.1) is 16.8 Å². The summed E-state index contributed by atoms with van der Waals surface area (Å²) in [7, 11) is 0. The van der Waals surface area contributed by atoms with Gasteiger partial charge in [-0.05, 0) is 12.5 Å². The van der Waals surface area contributed by atoms with Gasteiger partial charge in [-0.2, -0.15) is 5.26 Å². The quantitative estimate of drug-likeness (QED) is 0.640.